The SMILES string of the molecule is Cc1n[nH]c(C)c1NC(=O)Cc1ccc2c(c1)CCC2. The Labute approximate surface area is 118 Å². The molecule has 4 heteroatoms. The first-order valence-corrected chi connectivity index (χ1v) is 7.05. The molecule has 0 atom stereocenters. The molecular formula is C16H19N3O. The van der Waals surface area contributed by atoms with Gasteiger partial charge in [-0.25, -0.2) is 0 Å². The number of amides is 1. The van der Waals surface area contributed by atoms with E-state index < -0.39 is 0 Å². The molecular weight excluding hydrogens is 250 g/mol. The second-order valence-corrected chi connectivity index (χ2v) is 5.49. The summed E-state index contributed by atoms with van der Waals surface area (Å²) < 4.78 is 0. The summed E-state index contributed by atoms with van der Waals surface area (Å²) in [5.74, 6) is 0.00977. The van der Waals surface area contributed by atoms with Gasteiger partial charge < -0.3 is 5.32 Å². The molecule has 1 aliphatic rings. The highest BCUT2D eigenvalue weighted by Crippen LogP contribution is 2.23. The molecule has 104 valence electrons. The first-order chi connectivity index (χ1) is 9.63. The van der Waals surface area contributed by atoms with Crippen molar-refractivity contribution < 1.29 is 4.79 Å². The Morgan fingerprint density at radius 2 is 2.10 bits per heavy atom. The third kappa shape index (κ3) is 2.46. The van der Waals surface area contributed by atoms with E-state index in [0.29, 0.717) is 6.42 Å². The zero-order valence-corrected chi connectivity index (χ0v) is 11.9. The number of H-pyrrole nitrogens is 1. The Bertz CT molecular complexity index is 638. The Morgan fingerprint density at radius 3 is 2.85 bits per heavy atom. The van der Waals surface area contributed by atoms with Gasteiger partial charge in [0.15, 0.2) is 0 Å². The maximum absolute atomic E-state index is 12.1. The number of anilines is 1. The van der Waals surface area contributed by atoms with Gasteiger partial charge in [0, 0.05) is 0 Å². The van der Waals surface area contributed by atoms with Crippen LogP contribution in [0.25, 0.3) is 0 Å². The van der Waals surface area contributed by atoms with Gasteiger partial charge in [0.2, 0.25) is 5.91 Å². The van der Waals surface area contributed by atoms with E-state index >= 15 is 0 Å². The predicted octanol–water partition coefficient (Wildman–Crippen LogP) is 2.70. The average molecular weight is 269 g/mol. The van der Waals surface area contributed by atoms with Crippen LogP contribution in [0.1, 0.15) is 34.5 Å². The van der Waals surface area contributed by atoms with Gasteiger partial charge in [0.25, 0.3) is 0 Å². The number of hydrogen-bond acceptors (Lipinski definition) is 2. The number of fused-ring (bicyclic) bond motifs is 1. The van der Waals surface area contributed by atoms with Gasteiger partial charge in [-0.2, -0.15) is 5.10 Å². The zero-order chi connectivity index (χ0) is 14.1. The van der Waals surface area contributed by atoms with Crippen LogP contribution >= 0.6 is 0 Å². The van der Waals surface area contributed by atoms with Gasteiger partial charge in [0.1, 0.15) is 0 Å². The maximum Gasteiger partial charge on any atom is 0.228 e. The van der Waals surface area contributed by atoms with Gasteiger partial charge >= 0.3 is 0 Å². The lowest BCUT2D eigenvalue weighted by molar-refractivity contribution is -0.115. The number of aryl methyl sites for hydroxylation is 4. The van der Waals surface area contributed by atoms with Crippen molar-refractivity contribution in [2.75, 3.05) is 5.32 Å². The third-order valence-electron chi connectivity index (χ3n) is 3.92. The number of aromatic amines is 1. The summed E-state index contributed by atoms with van der Waals surface area (Å²) in [7, 11) is 0. The zero-order valence-electron chi connectivity index (χ0n) is 11.9. The number of hydrogen-bond donors (Lipinski definition) is 2. The van der Waals surface area contributed by atoms with Crippen LogP contribution in [-0.4, -0.2) is 16.1 Å². The van der Waals surface area contributed by atoms with E-state index in [1.54, 1.807) is 0 Å². The second-order valence-electron chi connectivity index (χ2n) is 5.49. The molecule has 0 fully saturated rings. The molecule has 4 nitrogen and oxygen atoms in total. The van der Waals surface area contributed by atoms with E-state index in [4.69, 9.17) is 0 Å². The fraction of sp³-hybridized carbons (Fsp3) is 0.375. The van der Waals surface area contributed by atoms with Gasteiger partial charge in [-0.15, -0.1) is 0 Å². The van der Waals surface area contributed by atoms with E-state index in [9.17, 15) is 4.79 Å². The minimum Gasteiger partial charge on any atom is -0.323 e. The fourth-order valence-electron chi connectivity index (χ4n) is 2.84. The van der Waals surface area contributed by atoms with Crippen LogP contribution in [0.2, 0.25) is 0 Å². The number of rotatable bonds is 3. The molecule has 1 amide bonds. The Morgan fingerprint density at radius 1 is 1.30 bits per heavy atom. The summed E-state index contributed by atoms with van der Waals surface area (Å²) in [6, 6.07) is 6.41. The molecule has 0 aliphatic heterocycles. The van der Waals surface area contributed by atoms with Gasteiger partial charge in [-0.3, -0.25) is 9.89 Å². The molecule has 0 saturated carbocycles. The van der Waals surface area contributed by atoms with E-state index in [1.165, 1.54) is 24.0 Å². The topological polar surface area (TPSA) is 57.8 Å². The largest absolute Gasteiger partial charge is 0.323 e. The minimum atomic E-state index is 0.00977. The molecule has 0 unspecified atom stereocenters. The molecule has 0 saturated heterocycles. The molecule has 1 aromatic carbocycles. The minimum absolute atomic E-state index is 0.00977. The molecule has 1 aromatic heterocycles. The van der Waals surface area contributed by atoms with Crippen molar-refractivity contribution in [2.24, 2.45) is 0 Å². The Kier molecular flexibility index (Phi) is 3.30. The number of carbonyl (C=O) groups excluding carboxylic acids is 1. The molecule has 1 aliphatic carbocycles. The molecule has 0 bridgehead atoms. The summed E-state index contributed by atoms with van der Waals surface area (Å²) in [6.45, 7) is 3.79. The molecule has 2 N–H and O–H groups in total. The average Bonchev–Trinajstić information content (AvgIpc) is 3.00. The summed E-state index contributed by atoms with van der Waals surface area (Å²) in [6.07, 6.45) is 3.97. The van der Waals surface area contributed by atoms with Crippen molar-refractivity contribution in [3.05, 3.63) is 46.3 Å². The fourth-order valence-corrected chi connectivity index (χ4v) is 2.84. The van der Waals surface area contributed by atoms with Crippen LogP contribution in [-0.2, 0) is 24.1 Å². The maximum atomic E-state index is 12.1. The Balaban J connectivity index is 1.70. The lowest BCUT2D eigenvalue weighted by Crippen LogP contribution is -2.15. The lowest BCUT2D eigenvalue weighted by Gasteiger charge is -2.07. The van der Waals surface area contributed by atoms with Crippen LogP contribution < -0.4 is 5.32 Å². The Hall–Kier alpha value is -2.10. The van der Waals surface area contributed by atoms with Crippen molar-refractivity contribution in [1.29, 1.82) is 0 Å². The quantitative estimate of drug-likeness (QED) is 0.900. The molecule has 20 heavy (non-hydrogen) atoms. The van der Waals surface area contributed by atoms with Crippen LogP contribution in [0.3, 0.4) is 0 Å². The van der Waals surface area contributed by atoms with E-state index in [-0.39, 0.29) is 5.91 Å². The van der Waals surface area contributed by atoms with Crippen molar-refractivity contribution in [1.82, 2.24) is 10.2 Å². The van der Waals surface area contributed by atoms with E-state index in [0.717, 1.165) is 29.1 Å². The number of carbonyl (C=O) groups is 1. The highest BCUT2D eigenvalue weighted by molar-refractivity contribution is 5.93. The molecule has 3 rings (SSSR count). The molecule has 1 heterocycles. The number of nitrogens with one attached hydrogen (secondary N) is 2. The summed E-state index contributed by atoms with van der Waals surface area (Å²) in [5, 5.41) is 9.90. The van der Waals surface area contributed by atoms with Gasteiger partial charge in [-0.1, -0.05) is 18.2 Å². The van der Waals surface area contributed by atoms with E-state index in [2.05, 4.69) is 33.7 Å². The molecule has 2 aromatic rings. The summed E-state index contributed by atoms with van der Waals surface area (Å²) >= 11 is 0. The van der Waals surface area contributed by atoms with Crippen LogP contribution in [0.4, 0.5) is 5.69 Å². The monoisotopic (exact) mass is 269 g/mol. The second kappa shape index (κ2) is 5.12. The van der Waals surface area contributed by atoms with Crippen molar-refractivity contribution in [3.8, 4) is 0 Å². The lowest BCUT2D eigenvalue weighted by atomic mass is 10.0. The smallest absolute Gasteiger partial charge is 0.228 e. The van der Waals surface area contributed by atoms with Gasteiger partial charge in [0.05, 0.1) is 23.5 Å². The standard InChI is InChI=1S/C16H19N3O/c1-10-16(11(2)19-18-10)17-15(20)9-12-6-7-13-4-3-5-14(13)8-12/h6-8H,3-5,9H2,1-2H3,(H,17,20)(H,18,19). The van der Waals surface area contributed by atoms with Crippen LogP contribution in [0, 0.1) is 13.8 Å². The highest BCUT2D eigenvalue weighted by atomic mass is 16.1. The summed E-state index contributed by atoms with van der Waals surface area (Å²) in [4.78, 5) is 12.1. The van der Waals surface area contributed by atoms with E-state index in [1.807, 2.05) is 13.8 Å². The number of benzene rings is 1. The van der Waals surface area contributed by atoms with Crippen molar-refractivity contribution in [3.63, 3.8) is 0 Å². The van der Waals surface area contributed by atoms with Crippen LogP contribution in [0.15, 0.2) is 18.2 Å². The normalized spacial score (nSPS) is 13.3. The molecule has 0 radical (unpaired) electrons. The molecule has 0 spiro atoms. The van der Waals surface area contributed by atoms with Crippen molar-refractivity contribution in [2.45, 2.75) is 39.5 Å². The predicted molar refractivity (Wildman–Crippen MR) is 78.9 cm³/mol. The third-order valence-corrected chi connectivity index (χ3v) is 3.92. The van der Waals surface area contributed by atoms with Gasteiger partial charge in [-0.05, 0) is 49.8 Å². The first kappa shape index (κ1) is 12.9. The number of nitrogens with zero attached hydrogens (tertiary/aromatic N) is 1. The number of aromatic nitrogens is 2. The highest BCUT2D eigenvalue weighted by Gasteiger charge is 2.14. The van der Waals surface area contributed by atoms with Crippen molar-refractivity contribution >= 4 is 11.6 Å². The summed E-state index contributed by atoms with van der Waals surface area (Å²) in [5.41, 5.74) is 6.45. The first-order valence-electron chi connectivity index (χ1n) is 7.05. The van der Waals surface area contributed by atoms with Crippen LogP contribution in [0.5, 0.6) is 0 Å².